The average Bonchev–Trinajstić information content (AvgIpc) is 3.57. The second-order valence-electron chi connectivity index (χ2n) is 9.60. The van der Waals surface area contributed by atoms with Crippen LogP contribution < -0.4 is 5.32 Å². The zero-order valence-corrected chi connectivity index (χ0v) is 20.5. The van der Waals surface area contributed by atoms with Crippen LogP contribution in [0.5, 0.6) is 0 Å². The molecule has 2 amide bonds. The fourth-order valence-corrected chi connectivity index (χ4v) is 3.98. The topological polar surface area (TPSA) is 102 Å². The third-order valence-corrected chi connectivity index (χ3v) is 5.62. The number of nitrogens with one attached hydrogen (secondary N) is 1. The summed E-state index contributed by atoms with van der Waals surface area (Å²) in [6.45, 7) is 9.46. The summed E-state index contributed by atoms with van der Waals surface area (Å²) in [7, 11) is 0. The Balaban J connectivity index is 1.49. The van der Waals surface area contributed by atoms with Crippen LogP contribution in [-0.4, -0.2) is 55.9 Å². The number of carbonyl (C=O) groups is 2. The number of halogens is 3. The van der Waals surface area contributed by atoms with Gasteiger partial charge in [0.25, 0.3) is 5.89 Å². The Bertz CT molecular complexity index is 1290. The van der Waals surface area contributed by atoms with Crippen molar-refractivity contribution in [2.24, 2.45) is 0 Å². The Morgan fingerprint density at radius 1 is 1.22 bits per heavy atom. The summed E-state index contributed by atoms with van der Waals surface area (Å²) in [5.74, 6) is -0.966. The van der Waals surface area contributed by atoms with Crippen LogP contribution in [0, 0.1) is 0 Å². The molecule has 1 saturated heterocycles. The summed E-state index contributed by atoms with van der Waals surface area (Å²) < 4.78 is 51.7. The number of hydrogen-bond acceptors (Lipinski definition) is 6. The normalized spacial score (nSPS) is 18.1. The van der Waals surface area contributed by atoms with Gasteiger partial charge in [-0.3, -0.25) is 9.69 Å². The highest BCUT2D eigenvalue weighted by Crippen LogP contribution is 2.32. The third-order valence-electron chi connectivity index (χ3n) is 5.62. The SMILES string of the molecule is C=C([C@@H]1C[C@@H](NC(=O)c2ncc(-c3cccc(C(F)(F)F)c3)o2)CN1C(=O)OC(C)(C)C)n1cccn1. The molecule has 3 aromatic rings. The molecule has 0 unspecified atom stereocenters. The van der Waals surface area contributed by atoms with E-state index in [0.717, 1.165) is 12.1 Å². The first-order chi connectivity index (χ1) is 17.3. The fourth-order valence-electron chi connectivity index (χ4n) is 3.98. The van der Waals surface area contributed by atoms with Gasteiger partial charge in [-0.1, -0.05) is 18.7 Å². The number of likely N-dealkylation sites (tertiary alicyclic amines) is 1. The maximum Gasteiger partial charge on any atom is 0.416 e. The first-order valence-electron chi connectivity index (χ1n) is 11.4. The van der Waals surface area contributed by atoms with Crippen molar-refractivity contribution in [3.8, 4) is 11.3 Å². The Kier molecular flexibility index (Phi) is 6.85. The van der Waals surface area contributed by atoms with Crippen molar-refractivity contribution in [2.75, 3.05) is 6.54 Å². The zero-order valence-electron chi connectivity index (χ0n) is 20.5. The molecule has 0 bridgehead atoms. The van der Waals surface area contributed by atoms with Crippen molar-refractivity contribution < 1.29 is 31.9 Å². The molecule has 9 nitrogen and oxygen atoms in total. The quantitative estimate of drug-likeness (QED) is 0.520. The Hall–Kier alpha value is -4.09. The van der Waals surface area contributed by atoms with E-state index in [0.29, 0.717) is 12.1 Å². The number of aromatic nitrogens is 3. The number of alkyl halides is 3. The molecule has 1 aromatic carbocycles. The van der Waals surface area contributed by atoms with Crippen molar-refractivity contribution >= 4 is 17.7 Å². The lowest BCUT2D eigenvalue weighted by molar-refractivity contribution is -0.137. The summed E-state index contributed by atoms with van der Waals surface area (Å²) in [6, 6.07) is 5.25. The molecule has 196 valence electrons. The smallest absolute Gasteiger partial charge is 0.416 e. The van der Waals surface area contributed by atoms with Crippen LogP contribution in [0.25, 0.3) is 17.0 Å². The molecule has 1 aliphatic heterocycles. The highest BCUT2D eigenvalue weighted by Gasteiger charge is 2.40. The molecule has 2 atom stereocenters. The summed E-state index contributed by atoms with van der Waals surface area (Å²) in [5, 5.41) is 6.95. The van der Waals surface area contributed by atoms with E-state index in [9.17, 15) is 22.8 Å². The number of carbonyl (C=O) groups excluding carboxylic acids is 2. The average molecular weight is 518 g/mol. The number of oxazole rings is 1. The van der Waals surface area contributed by atoms with E-state index in [1.807, 2.05) is 0 Å². The van der Waals surface area contributed by atoms with Crippen LogP contribution in [0.15, 0.2) is 59.9 Å². The summed E-state index contributed by atoms with van der Waals surface area (Å²) in [4.78, 5) is 31.2. The Morgan fingerprint density at radius 3 is 2.62 bits per heavy atom. The van der Waals surface area contributed by atoms with E-state index in [-0.39, 0.29) is 23.8 Å². The number of hydrogen-bond donors (Lipinski definition) is 1. The van der Waals surface area contributed by atoms with Crippen LogP contribution in [0.1, 0.15) is 43.4 Å². The van der Waals surface area contributed by atoms with Gasteiger partial charge in [0.2, 0.25) is 0 Å². The summed E-state index contributed by atoms with van der Waals surface area (Å²) >= 11 is 0. The maximum atomic E-state index is 13.0. The standard InChI is InChI=1S/C25H26F3N5O4/c1-15(33-10-6-9-30-33)19-12-18(14-32(19)23(35)37-24(2,3)4)31-21(34)22-29-13-20(36-22)16-7-5-8-17(11-16)25(26,27)28/h5-11,13,18-19H,1,12,14H2,2-4H3,(H,31,34)/t18-,19+/m1/s1. The molecule has 1 N–H and O–H groups in total. The number of rotatable bonds is 5. The lowest BCUT2D eigenvalue weighted by atomic mass is 10.1. The van der Waals surface area contributed by atoms with Crippen LogP contribution in [0.2, 0.25) is 0 Å². The minimum Gasteiger partial charge on any atom is -0.444 e. The Labute approximate surface area is 210 Å². The van der Waals surface area contributed by atoms with Crippen molar-refractivity contribution in [3.05, 3.63) is 67.0 Å². The molecule has 0 aliphatic carbocycles. The molecular formula is C25H26F3N5O4. The molecule has 1 aliphatic rings. The minimum absolute atomic E-state index is 0.0167. The van der Waals surface area contributed by atoms with Gasteiger partial charge in [0, 0.05) is 30.5 Å². The predicted octanol–water partition coefficient (Wildman–Crippen LogP) is 4.84. The molecule has 12 heteroatoms. The largest absolute Gasteiger partial charge is 0.444 e. The number of ether oxygens (including phenoxy) is 1. The molecule has 2 aromatic heterocycles. The first-order valence-corrected chi connectivity index (χ1v) is 11.4. The monoisotopic (exact) mass is 517 g/mol. The van der Waals surface area contributed by atoms with E-state index in [2.05, 4.69) is 22.0 Å². The van der Waals surface area contributed by atoms with Crippen LogP contribution in [0.3, 0.4) is 0 Å². The minimum atomic E-state index is -4.52. The summed E-state index contributed by atoms with van der Waals surface area (Å²) in [6.07, 6.45) is -0.286. The lowest BCUT2D eigenvalue weighted by Crippen LogP contribution is -2.42. The molecule has 0 radical (unpaired) electrons. The maximum absolute atomic E-state index is 13.0. The molecular weight excluding hydrogens is 491 g/mol. The van der Waals surface area contributed by atoms with Gasteiger partial charge in [0.1, 0.15) is 5.60 Å². The van der Waals surface area contributed by atoms with E-state index in [4.69, 9.17) is 9.15 Å². The molecule has 1 fully saturated rings. The molecule has 0 saturated carbocycles. The van der Waals surface area contributed by atoms with Crippen molar-refractivity contribution in [2.45, 2.75) is 51.1 Å². The van der Waals surface area contributed by atoms with Gasteiger partial charge in [0.05, 0.1) is 23.5 Å². The van der Waals surface area contributed by atoms with E-state index in [1.54, 1.807) is 43.9 Å². The van der Waals surface area contributed by atoms with Gasteiger partial charge >= 0.3 is 18.2 Å². The molecule has 3 heterocycles. The lowest BCUT2D eigenvalue weighted by Gasteiger charge is -2.29. The summed E-state index contributed by atoms with van der Waals surface area (Å²) in [5.41, 5.74) is -0.915. The van der Waals surface area contributed by atoms with E-state index < -0.39 is 41.4 Å². The van der Waals surface area contributed by atoms with Crippen molar-refractivity contribution in [1.82, 2.24) is 25.0 Å². The highest BCUT2D eigenvalue weighted by atomic mass is 19.4. The van der Waals surface area contributed by atoms with Gasteiger partial charge in [-0.05, 0) is 45.4 Å². The number of amides is 2. The molecule has 37 heavy (non-hydrogen) atoms. The molecule has 0 spiro atoms. The van der Waals surface area contributed by atoms with Gasteiger partial charge in [-0.25, -0.2) is 14.5 Å². The van der Waals surface area contributed by atoms with Gasteiger partial charge in [0.15, 0.2) is 5.76 Å². The zero-order chi connectivity index (χ0) is 27.0. The van der Waals surface area contributed by atoms with Crippen molar-refractivity contribution in [1.29, 1.82) is 0 Å². The van der Waals surface area contributed by atoms with Crippen molar-refractivity contribution in [3.63, 3.8) is 0 Å². The second-order valence-corrected chi connectivity index (χ2v) is 9.60. The van der Waals surface area contributed by atoms with Crippen LogP contribution in [0.4, 0.5) is 18.0 Å². The van der Waals surface area contributed by atoms with Crippen LogP contribution in [-0.2, 0) is 10.9 Å². The van der Waals surface area contributed by atoms with Gasteiger partial charge < -0.3 is 14.5 Å². The molecule has 4 rings (SSSR count). The number of nitrogens with zero attached hydrogens (tertiary/aromatic N) is 4. The fraction of sp³-hybridized carbons (Fsp3) is 0.360. The van der Waals surface area contributed by atoms with E-state index in [1.165, 1.54) is 23.2 Å². The third kappa shape index (κ3) is 6.01. The highest BCUT2D eigenvalue weighted by molar-refractivity contribution is 5.90. The van der Waals surface area contributed by atoms with Crippen LogP contribution >= 0.6 is 0 Å². The predicted molar refractivity (Wildman–Crippen MR) is 127 cm³/mol. The van der Waals surface area contributed by atoms with E-state index >= 15 is 0 Å². The Morgan fingerprint density at radius 2 is 1.97 bits per heavy atom. The van der Waals surface area contributed by atoms with Gasteiger partial charge in [-0.2, -0.15) is 18.3 Å². The first kappa shape index (κ1) is 26.0. The van der Waals surface area contributed by atoms with Gasteiger partial charge in [-0.15, -0.1) is 0 Å². The number of benzene rings is 1. The second kappa shape index (κ2) is 9.75.